The third-order valence-electron chi connectivity index (χ3n) is 4.58. The highest BCUT2D eigenvalue weighted by molar-refractivity contribution is 5.94. The van der Waals surface area contributed by atoms with Crippen molar-refractivity contribution >= 4 is 11.8 Å². The third kappa shape index (κ3) is 4.54. The van der Waals surface area contributed by atoms with Gasteiger partial charge >= 0.3 is 0 Å². The fourth-order valence-electron chi connectivity index (χ4n) is 3.21. The van der Waals surface area contributed by atoms with E-state index in [0.29, 0.717) is 38.3 Å². The van der Waals surface area contributed by atoms with Crippen molar-refractivity contribution in [3.8, 4) is 0 Å². The summed E-state index contributed by atoms with van der Waals surface area (Å²) in [4.78, 5) is 26.5. The van der Waals surface area contributed by atoms with Crippen LogP contribution in [0.15, 0.2) is 30.3 Å². The summed E-state index contributed by atoms with van der Waals surface area (Å²) in [5, 5.41) is 7.46. The second-order valence-corrected chi connectivity index (χ2v) is 7.08. The fraction of sp³-hybridized carbons (Fsp3) is 0.450. The van der Waals surface area contributed by atoms with Crippen LogP contribution >= 0.6 is 0 Å². The van der Waals surface area contributed by atoms with E-state index in [9.17, 15) is 9.59 Å². The summed E-state index contributed by atoms with van der Waals surface area (Å²) in [7, 11) is 1.63. The van der Waals surface area contributed by atoms with Crippen molar-refractivity contribution in [1.82, 2.24) is 20.0 Å². The van der Waals surface area contributed by atoms with Gasteiger partial charge in [-0.15, -0.1) is 0 Å². The Morgan fingerprint density at radius 3 is 2.81 bits per heavy atom. The smallest absolute Gasteiger partial charge is 0.251 e. The number of ether oxygens (including phenoxy) is 1. The van der Waals surface area contributed by atoms with E-state index in [1.165, 1.54) is 0 Å². The van der Waals surface area contributed by atoms with Crippen molar-refractivity contribution in [3.05, 3.63) is 52.8 Å². The molecule has 1 aliphatic rings. The Bertz CT molecular complexity index is 828. The maximum atomic E-state index is 12.4. The van der Waals surface area contributed by atoms with Gasteiger partial charge < -0.3 is 15.0 Å². The molecule has 2 heterocycles. The van der Waals surface area contributed by atoms with Gasteiger partial charge in [0.05, 0.1) is 37.6 Å². The van der Waals surface area contributed by atoms with Gasteiger partial charge in [-0.1, -0.05) is 26.0 Å². The zero-order valence-electron chi connectivity index (χ0n) is 16.1. The van der Waals surface area contributed by atoms with E-state index in [1.807, 2.05) is 47.7 Å². The maximum absolute atomic E-state index is 12.4. The zero-order valence-corrected chi connectivity index (χ0v) is 16.1. The molecule has 0 saturated carbocycles. The molecule has 0 fully saturated rings. The van der Waals surface area contributed by atoms with Gasteiger partial charge in [0.25, 0.3) is 5.91 Å². The highest BCUT2D eigenvalue weighted by atomic mass is 16.5. The van der Waals surface area contributed by atoms with Crippen LogP contribution < -0.4 is 5.32 Å². The molecule has 0 bridgehead atoms. The van der Waals surface area contributed by atoms with Gasteiger partial charge in [-0.25, -0.2) is 0 Å². The number of aromatic nitrogens is 2. The van der Waals surface area contributed by atoms with Crippen molar-refractivity contribution in [2.45, 2.75) is 40.1 Å². The molecule has 0 saturated heterocycles. The first kappa shape index (κ1) is 19.1. The van der Waals surface area contributed by atoms with Gasteiger partial charge in [-0.2, -0.15) is 5.10 Å². The molecule has 2 aromatic rings. The van der Waals surface area contributed by atoms with E-state index in [-0.39, 0.29) is 17.7 Å². The Morgan fingerprint density at radius 1 is 1.26 bits per heavy atom. The number of carbonyl (C=O) groups is 2. The minimum absolute atomic E-state index is 0.00731. The van der Waals surface area contributed by atoms with Crippen LogP contribution in [0, 0.1) is 5.92 Å². The summed E-state index contributed by atoms with van der Waals surface area (Å²) < 4.78 is 7.03. The molecule has 0 radical (unpaired) electrons. The lowest BCUT2D eigenvalue weighted by Gasteiger charge is -2.29. The topological polar surface area (TPSA) is 76.5 Å². The van der Waals surface area contributed by atoms with Crippen LogP contribution in [0.1, 0.15) is 41.2 Å². The van der Waals surface area contributed by atoms with E-state index in [1.54, 1.807) is 13.2 Å². The van der Waals surface area contributed by atoms with Crippen LogP contribution in [0.4, 0.5) is 0 Å². The predicted octanol–water partition coefficient (Wildman–Crippen LogP) is 1.96. The number of carbonyl (C=O) groups excluding carboxylic acids is 2. The molecule has 27 heavy (non-hydrogen) atoms. The minimum Gasteiger partial charge on any atom is -0.380 e. The number of benzene rings is 1. The van der Waals surface area contributed by atoms with Crippen molar-refractivity contribution in [2.75, 3.05) is 13.7 Å². The van der Waals surface area contributed by atoms with Gasteiger partial charge in [0.1, 0.15) is 0 Å². The average Bonchev–Trinajstić information content (AvgIpc) is 3.08. The number of nitrogens with zero attached hydrogens (tertiary/aromatic N) is 3. The van der Waals surface area contributed by atoms with Crippen LogP contribution in [-0.2, 0) is 35.8 Å². The van der Waals surface area contributed by atoms with Gasteiger partial charge in [0.2, 0.25) is 5.91 Å². The monoisotopic (exact) mass is 370 g/mol. The lowest BCUT2D eigenvalue weighted by Crippen LogP contribution is -2.40. The van der Waals surface area contributed by atoms with E-state index in [4.69, 9.17) is 4.74 Å². The molecule has 0 spiro atoms. The Labute approximate surface area is 159 Å². The van der Waals surface area contributed by atoms with Crippen molar-refractivity contribution in [1.29, 1.82) is 0 Å². The molecular weight excluding hydrogens is 344 g/mol. The second kappa shape index (κ2) is 8.35. The number of amides is 2. The molecule has 1 N–H and O–H groups in total. The molecular formula is C20H26N4O3. The van der Waals surface area contributed by atoms with Gasteiger partial charge in [0, 0.05) is 25.1 Å². The van der Waals surface area contributed by atoms with Crippen LogP contribution in [0.25, 0.3) is 0 Å². The van der Waals surface area contributed by atoms with E-state index in [2.05, 4.69) is 10.4 Å². The SMILES string of the molecule is COCc1cccc(C(=O)NCc2cc3n(n2)CCN(C(=O)C(C)C)C3)c1. The van der Waals surface area contributed by atoms with Crippen molar-refractivity contribution in [2.24, 2.45) is 5.92 Å². The number of methoxy groups -OCH3 is 1. The molecule has 1 aliphatic heterocycles. The number of nitrogens with one attached hydrogen (secondary N) is 1. The van der Waals surface area contributed by atoms with Crippen molar-refractivity contribution < 1.29 is 14.3 Å². The second-order valence-electron chi connectivity index (χ2n) is 7.08. The summed E-state index contributed by atoms with van der Waals surface area (Å²) in [5.41, 5.74) is 3.35. The number of hydrogen-bond donors (Lipinski definition) is 1. The fourth-order valence-corrected chi connectivity index (χ4v) is 3.21. The molecule has 1 aromatic heterocycles. The zero-order chi connectivity index (χ0) is 19.4. The number of hydrogen-bond acceptors (Lipinski definition) is 4. The van der Waals surface area contributed by atoms with E-state index >= 15 is 0 Å². The van der Waals surface area contributed by atoms with Crippen molar-refractivity contribution in [3.63, 3.8) is 0 Å². The highest BCUT2D eigenvalue weighted by Gasteiger charge is 2.23. The molecule has 2 amide bonds. The van der Waals surface area contributed by atoms with Gasteiger partial charge in [-0.3, -0.25) is 14.3 Å². The lowest BCUT2D eigenvalue weighted by molar-refractivity contribution is -0.136. The summed E-state index contributed by atoms with van der Waals surface area (Å²) >= 11 is 0. The highest BCUT2D eigenvalue weighted by Crippen LogP contribution is 2.16. The average molecular weight is 370 g/mol. The molecule has 1 aromatic carbocycles. The first-order valence-corrected chi connectivity index (χ1v) is 9.18. The van der Waals surface area contributed by atoms with E-state index in [0.717, 1.165) is 17.0 Å². The number of fused-ring (bicyclic) bond motifs is 1. The first-order chi connectivity index (χ1) is 13.0. The van der Waals surface area contributed by atoms with Crippen LogP contribution in [-0.4, -0.2) is 40.1 Å². The summed E-state index contributed by atoms with van der Waals surface area (Å²) in [6, 6.07) is 9.34. The third-order valence-corrected chi connectivity index (χ3v) is 4.58. The Kier molecular flexibility index (Phi) is 5.91. The molecule has 0 unspecified atom stereocenters. The number of rotatable bonds is 6. The first-order valence-electron chi connectivity index (χ1n) is 9.18. The minimum atomic E-state index is -0.143. The Morgan fingerprint density at radius 2 is 2.07 bits per heavy atom. The van der Waals surface area contributed by atoms with Gasteiger partial charge in [-0.05, 0) is 23.8 Å². The molecule has 144 valence electrons. The van der Waals surface area contributed by atoms with Crippen LogP contribution in [0.2, 0.25) is 0 Å². The Hall–Kier alpha value is -2.67. The van der Waals surface area contributed by atoms with Gasteiger partial charge in [0.15, 0.2) is 0 Å². The summed E-state index contributed by atoms with van der Waals surface area (Å²) in [6.45, 7) is 6.57. The quantitative estimate of drug-likeness (QED) is 0.843. The standard InChI is InChI=1S/C20H26N4O3/c1-14(2)20(26)23-7-8-24-18(12-23)10-17(22-24)11-21-19(25)16-6-4-5-15(9-16)13-27-3/h4-6,9-10,14H,7-8,11-13H2,1-3H3,(H,21,25). The molecule has 0 atom stereocenters. The molecule has 3 rings (SSSR count). The summed E-state index contributed by atoms with van der Waals surface area (Å²) in [5.74, 6) is 0.0101. The van der Waals surface area contributed by atoms with Crippen LogP contribution in [0.3, 0.4) is 0 Å². The van der Waals surface area contributed by atoms with E-state index < -0.39 is 0 Å². The summed E-state index contributed by atoms with van der Waals surface area (Å²) in [6.07, 6.45) is 0. The largest absolute Gasteiger partial charge is 0.380 e. The van der Waals surface area contributed by atoms with Crippen LogP contribution in [0.5, 0.6) is 0 Å². The Balaban J connectivity index is 1.61. The molecule has 7 heteroatoms. The predicted molar refractivity (Wildman–Crippen MR) is 101 cm³/mol. The lowest BCUT2D eigenvalue weighted by atomic mass is 10.1. The molecule has 0 aliphatic carbocycles. The normalized spacial score (nSPS) is 13.6. The maximum Gasteiger partial charge on any atom is 0.251 e. The molecule has 7 nitrogen and oxygen atoms in total.